The molecule has 1 aliphatic carbocycles. The van der Waals surface area contributed by atoms with E-state index >= 15 is 0 Å². The van der Waals surface area contributed by atoms with Crippen LogP contribution in [-0.4, -0.2) is 36.2 Å². The number of carbonyl (C=O) groups is 2. The Balaban J connectivity index is 2.52. The van der Waals surface area contributed by atoms with Crippen LogP contribution in [0.5, 0.6) is 0 Å². The van der Waals surface area contributed by atoms with Crippen molar-refractivity contribution < 1.29 is 19.4 Å². The van der Waals surface area contributed by atoms with Crippen molar-refractivity contribution in [3.8, 4) is 0 Å². The fourth-order valence-electron chi connectivity index (χ4n) is 2.14. The third kappa shape index (κ3) is 3.43. The molecule has 1 fully saturated rings. The van der Waals surface area contributed by atoms with Crippen LogP contribution in [0.2, 0.25) is 0 Å². The Morgan fingerprint density at radius 3 is 2.41 bits per heavy atom. The first-order valence-electron chi connectivity index (χ1n) is 6.08. The van der Waals surface area contributed by atoms with E-state index in [2.05, 4.69) is 5.32 Å². The number of aliphatic carboxylic acids is 1. The smallest absolute Gasteiger partial charge is 0.308 e. The second-order valence-corrected chi connectivity index (χ2v) is 4.71. The molecule has 1 amide bonds. The second kappa shape index (κ2) is 6.00. The first-order valence-corrected chi connectivity index (χ1v) is 6.08. The maximum Gasteiger partial charge on any atom is 0.308 e. The number of methoxy groups -OCH3 is 1. The number of amides is 1. The van der Waals surface area contributed by atoms with E-state index in [1.165, 1.54) is 0 Å². The van der Waals surface area contributed by atoms with Crippen molar-refractivity contribution in [1.29, 1.82) is 0 Å². The lowest BCUT2D eigenvalue weighted by Gasteiger charge is -2.34. The number of hydrogen-bond acceptors (Lipinski definition) is 3. The summed E-state index contributed by atoms with van der Waals surface area (Å²) >= 11 is 0. The Bertz CT molecular complexity index is 284. The summed E-state index contributed by atoms with van der Waals surface area (Å²) in [6.07, 6.45) is 4.53. The molecule has 1 saturated carbocycles. The number of nitrogens with one attached hydrogen (secondary N) is 1. The van der Waals surface area contributed by atoms with Crippen molar-refractivity contribution >= 4 is 11.9 Å². The van der Waals surface area contributed by atoms with Gasteiger partial charge in [0.1, 0.15) is 5.60 Å². The van der Waals surface area contributed by atoms with E-state index in [0.717, 1.165) is 32.1 Å². The van der Waals surface area contributed by atoms with Crippen LogP contribution in [-0.2, 0) is 14.3 Å². The molecule has 5 heteroatoms. The molecule has 1 unspecified atom stereocenters. The zero-order chi connectivity index (χ0) is 12.9. The maximum atomic E-state index is 12.0. The van der Waals surface area contributed by atoms with Gasteiger partial charge in [0.2, 0.25) is 0 Å². The van der Waals surface area contributed by atoms with E-state index in [0.29, 0.717) is 0 Å². The third-order valence-electron chi connectivity index (χ3n) is 3.46. The van der Waals surface area contributed by atoms with Crippen LogP contribution >= 0.6 is 0 Å². The molecule has 0 aromatic heterocycles. The number of hydrogen-bond donors (Lipinski definition) is 2. The molecule has 0 bridgehead atoms. The number of carboxylic acids is 1. The van der Waals surface area contributed by atoms with E-state index in [1.807, 2.05) is 0 Å². The average molecular weight is 243 g/mol. The lowest BCUT2D eigenvalue weighted by atomic mass is 9.84. The van der Waals surface area contributed by atoms with Crippen molar-refractivity contribution in [2.45, 2.75) is 44.6 Å². The van der Waals surface area contributed by atoms with Crippen molar-refractivity contribution in [3.05, 3.63) is 0 Å². The molecule has 0 radical (unpaired) electrons. The van der Waals surface area contributed by atoms with Crippen LogP contribution in [0.4, 0.5) is 0 Å². The lowest BCUT2D eigenvalue weighted by molar-refractivity contribution is -0.148. The summed E-state index contributed by atoms with van der Waals surface area (Å²) in [5, 5.41) is 11.4. The first-order chi connectivity index (χ1) is 8.02. The van der Waals surface area contributed by atoms with Gasteiger partial charge in [-0.05, 0) is 12.8 Å². The highest BCUT2D eigenvalue weighted by Gasteiger charge is 2.39. The van der Waals surface area contributed by atoms with Crippen molar-refractivity contribution in [1.82, 2.24) is 5.32 Å². The number of ether oxygens (including phenoxy) is 1. The molecule has 5 nitrogen and oxygen atoms in total. The molecule has 0 heterocycles. The average Bonchev–Trinajstić information content (AvgIpc) is 2.36. The summed E-state index contributed by atoms with van der Waals surface area (Å²) in [5.41, 5.74) is -0.740. The Morgan fingerprint density at radius 2 is 1.94 bits per heavy atom. The summed E-state index contributed by atoms with van der Waals surface area (Å²) < 4.78 is 5.37. The van der Waals surface area contributed by atoms with Gasteiger partial charge in [0.15, 0.2) is 0 Å². The van der Waals surface area contributed by atoms with Gasteiger partial charge in [-0.1, -0.05) is 26.2 Å². The monoisotopic (exact) mass is 243 g/mol. The Hall–Kier alpha value is -1.10. The van der Waals surface area contributed by atoms with Crippen molar-refractivity contribution in [2.24, 2.45) is 5.92 Å². The van der Waals surface area contributed by atoms with Crippen LogP contribution in [0.1, 0.15) is 39.0 Å². The Morgan fingerprint density at radius 1 is 1.35 bits per heavy atom. The van der Waals surface area contributed by atoms with E-state index in [1.54, 1.807) is 14.0 Å². The first kappa shape index (κ1) is 14.0. The maximum absolute atomic E-state index is 12.0. The van der Waals surface area contributed by atoms with Gasteiger partial charge in [0.05, 0.1) is 5.92 Å². The molecule has 2 N–H and O–H groups in total. The summed E-state index contributed by atoms with van der Waals surface area (Å²) in [5.74, 6) is -1.65. The standard InChI is InChI=1S/C12H21NO4/c1-9(10(14)15)8-13-11(16)12(17-2)6-4-3-5-7-12/h9H,3-8H2,1-2H3,(H,13,16)(H,14,15). The number of carboxylic acid groups (broad SMARTS) is 1. The molecule has 0 aromatic rings. The van der Waals surface area contributed by atoms with Crippen molar-refractivity contribution in [2.75, 3.05) is 13.7 Å². The van der Waals surface area contributed by atoms with Gasteiger partial charge in [-0.25, -0.2) is 0 Å². The molecule has 0 aliphatic heterocycles. The molecular weight excluding hydrogens is 222 g/mol. The van der Waals surface area contributed by atoms with Gasteiger partial charge in [0, 0.05) is 13.7 Å². The van der Waals surface area contributed by atoms with E-state index in [4.69, 9.17) is 9.84 Å². The van der Waals surface area contributed by atoms with Gasteiger partial charge in [-0.15, -0.1) is 0 Å². The van der Waals surface area contributed by atoms with Gasteiger partial charge < -0.3 is 15.2 Å². The molecule has 0 saturated heterocycles. The van der Waals surface area contributed by atoms with Crippen LogP contribution in [0, 0.1) is 5.92 Å². The van der Waals surface area contributed by atoms with Gasteiger partial charge in [-0.3, -0.25) is 9.59 Å². The fourth-order valence-corrected chi connectivity index (χ4v) is 2.14. The minimum absolute atomic E-state index is 0.152. The van der Waals surface area contributed by atoms with Crippen molar-refractivity contribution in [3.63, 3.8) is 0 Å². The topological polar surface area (TPSA) is 75.6 Å². The minimum atomic E-state index is -0.902. The quantitative estimate of drug-likeness (QED) is 0.760. The van der Waals surface area contributed by atoms with Crippen LogP contribution in [0.25, 0.3) is 0 Å². The molecule has 0 aromatic carbocycles. The Kier molecular flexibility index (Phi) is 4.93. The Labute approximate surface area is 102 Å². The highest BCUT2D eigenvalue weighted by Crippen LogP contribution is 2.31. The fraction of sp³-hybridized carbons (Fsp3) is 0.833. The van der Waals surface area contributed by atoms with Crippen LogP contribution in [0.3, 0.4) is 0 Å². The summed E-state index contributed by atoms with van der Waals surface area (Å²) in [4.78, 5) is 22.7. The van der Waals surface area contributed by atoms with Crippen LogP contribution < -0.4 is 5.32 Å². The molecule has 1 atom stereocenters. The summed E-state index contributed by atoms with van der Waals surface area (Å²) in [6, 6.07) is 0. The summed E-state index contributed by atoms with van der Waals surface area (Å²) in [6.45, 7) is 1.72. The highest BCUT2D eigenvalue weighted by molar-refractivity contribution is 5.85. The molecule has 1 aliphatic rings. The normalized spacial score (nSPS) is 20.6. The molecular formula is C12H21NO4. The van der Waals surface area contributed by atoms with Gasteiger partial charge in [0.25, 0.3) is 5.91 Å². The largest absolute Gasteiger partial charge is 0.481 e. The van der Waals surface area contributed by atoms with Crippen LogP contribution in [0.15, 0.2) is 0 Å². The predicted molar refractivity (Wildman–Crippen MR) is 62.6 cm³/mol. The van der Waals surface area contributed by atoms with E-state index in [-0.39, 0.29) is 12.5 Å². The highest BCUT2D eigenvalue weighted by atomic mass is 16.5. The number of rotatable bonds is 5. The summed E-state index contributed by atoms with van der Waals surface area (Å²) in [7, 11) is 1.55. The van der Waals surface area contributed by atoms with E-state index < -0.39 is 17.5 Å². The SMILES string of the molecule is COC1(C(=O)NCC(C)C(=O)O)CCCCC1. The predicted octanol–water partition coefficient (Wildman–Crippen LogP) is 1.17. The lowest BCUT2D eigenvalue weighted by Crippen LogP contribution is -2.50. The van der Waals surface area contributed by atoms with Gasteiger partial charge >= 0.3 is 5.97 Å². The number of carbonyl (C=O) groups excluding carboxylic acids is 1. The zero-order valence-electron chi connectivity index (χ0n) is 10.5. The second-order valence-electron chi connectivity index (χ2n) is 4.71. The van der Waals surface area contributed by atoms with Gasteiger partial charge in [-0.2, -0.15) is 0 Å². The minimum Gasteiger partial charge on any atom is -0.481 e. The molecule has 98 valence electrons. The molecule has 1 rings (SSSR count). The molecule has 0 spiro atoms. The molecule has 17 heavy (non-hydrogen) atoms. The third-order valence-corrected chi connectivity index (χ3v) is 3.46. The van der Waals surface area contributed by atoms with E-state index in [9.17, 15) is 9.59 Å². The zero-order valence-corrected chi connectivity index (χ0v) is 10.5.